The Hall–Kier alpha value is -1.04. The Morgan fingerprint density at radius 1 is 0.941 bits per heavy atom. The van der Waals surface area contributed by atoms with E-state index >= 15 is 0 Å². The maximum Gasteiger partial charge on any atom is -0.0233 e. The van der Waals surface area contributed by atoms with Crippen LogP contribution in [0.15, 0.2) is 30.8 Å². The minimum Gasteiger partial charge on any atom is -0.0955 e. The Labute approximate surface area is 107 Å². The first-order valence-corrected chi connectivity index (χ1v) is 6.99. The summed E-state index contributed by atoms with van der Waals surface area (Å²) in [6.45, 7) is 8.28. The Morgan fingerprint density at radius 2 is 1.53 bits per heavy atom. The summed E-state index contributed by atoms with van der Waals surface area (Å²) in [6, 6.07) is 8.87. The van der Waals surface area contributed by atoms with Crippen molar-refractivity contribution < 1.29 is 0 Å². The van der Waals surface area contributed by atoms with Crippen molar-refractivity contribution in [1.29, 1.82) is 0 Å². The molecule has 17 heavy (non-hydrogen) atoms. The second-order valence-corrected chi connectivity index (χ2v) is 5.00. The fourth-order valence-corrected chi connectivity index (χ4v) is 2.07. The molecule has 0 aliphatic rings. The third-order valence-electron chi connectivity index (χ3n) is 3.27. The lowest BCUT2D eigenvalue weighted by Gasteiger charge is -2.04. The molecule has 0 radical (unpaired) electrons. The standard InChI is InChI=1S/C17H26/c1-4-5-6-7-8-9-10-16-11-13-17(14-12-16)15(2)3/h11-14H,2,4-10H2,1,3H3. The second kappa shape index (κ2) is 8.11. The molecule has 0 aliphatic carbocycles. The van der Waals surface area contributed by atoms with Gasteiger partial charge in [0, 0.05) is 0 Å². The zero-order valence-electron chi connectivity index (χ0n) is 11.5. The fourth-order valence-electron chi connectivity index (χ4n) is 2.07. The van der Waals surface area contributed by atoms with Crippen LogP contribution in [0.3, 0.4) is 0 Å². The van der Waals surface area contributed by atoms with Crippen LogP contribution in [0.4, 0.5) is 0 Å². The van der Waals surface area contributed by atoms with E-state index in [0.29, 0.717) is 0 Å². The van der Waals surface area contributed by atoms with Crippen molar-refractivity contribution in [2.24, 2.45) is 0 Å². The highest BCUT2D eigenvalue weighted by molar-refractivity contribution is 5.61. The summed E-state index contributed by atoms with van der Waals surface area (Å²) in [6.07, 6.45) is 9.47. The summed E-state index contributed by atoms with van der Waals surface area (Å²) in [7, 11) is 0. The lowest BCUT2D eigenvalue weighted by atomic mass is 10.0. The monoisotopic (exact) mass is 230 g/mol. The second-order valence-electron chi connectivity index (χ2n) is 5.00. The minimum absolute atomic E-state index is 1.15. The number of hydrogen-bond donors (Lipinski definition) is 0. The number of aryl methyl sites for hydroxylation is 1. The van der Waals surface area contributed by atoms with Crippen molar-refractivity contribution in [3.05, 3.63) is 42.0 Å². The molecule has 1 aromatic carbocycles. The van der Waals surface area contributed by atoms with Gasteiger partial charge in [-0.05, 0) is 30.9 Å². The van der Waals surface area contributed by atoms with Gasteiger partial charge < -0.3 is 0 Å². The van der Waals surface area contributed by atoms with Gasteiger partial charge in [-0.2, -0.15) is 0 Å². The first-order chi connectivity index (χ1) is 8.24. The van der Waals surface area contributed by atoms with Crippen molar-refractivity contribution in [1.82, 2.24) is 0 Å². The third-order valence-corrected chi connectivity index (χ3v) is 3.27. The van der Waals surface area contributed by atoms with Gasteiger partial charge in [-0.15, -0.1) is 0 Å². The summed E-state index contributed by atoms with van der Waals surface area (Å²) in [5.74, 6) is 0. The van der Waals surface area contributed by atoms with Gasteiger partial charge in [-0.3, -0.25) is 0 Å². The number of benzene rings is 1. The van der Waals surface area contributed by atoms with Crippen LogP contribution in [-0.4, -0.2) is 0 Å². The van der Waals surface area contributed by atoms with E-state index in [1.807, 2.05) is 0 Å². The molecular formula is C17H26. The first-order valence-electron chi connectivity index (χ1n) is 6.99. The van der Waals surface area contributed by atoms with Crippen molar-refractivity contribution >= 4 is 5.57 Å². The lowest BCUT2D eigenvalue weighted by Crippen LogP contribution is -1.87. The average molecular weight is 230 g/mol. The smallest absolute Gasteiger partial charge is 0.0233 e. The highest BCUT2D eigenvalue weighted by Gasteiger charge is 1.96. The molecule has 0 unspecified atom stereocenters. The molecule has 0 saturated carbocycles. The van der Waals surface area contributed by atoms with E-state index in [1.54, 1.807) is 0 Å². The highest BCUT2D eigenvalue weighted by Crippen LogP contribution is 2.14. The molecule has 1 rings (SSSR count). The summed E-state index contributed by atoms with van der Waals surface area (Å²) >= 11 is 0. The minimum atomic E-state index is 1.15. The van der Waals surface area contributed by atoms with Crippen molar-refractivity contribution in [3.63, 3.8) is 0 Å². The topological polar surface area (TPSA) is 0 Å². The molecule has 0 atom stereocenters. The van der Waals surface area contributed by atoms with E-state index in [9.17, 15) is 0 Å². The summed E-state index contributed by atoms with van der Waals surface area (Å²) in [4.78, 5) is 0. The van der Waals surface area contributed by atoms with Crippen LogP contribution in [0.25, 0.3) is 5.57 Å². The molecule has 0 saturated heterocycles. The van der Waals surface area contributed by atoms with Gasteiger partial charge in [0.25, 0.3) is 0 Å². The maximum atomic E-state index is 3.96. The molecule has 1 aromatic rings. The Kier molecular flexibility index (Phi) is 6.69. The molecule has 0 amide bonds. The van der Waals surface area contributed by atoms with Crippen LogP contribution in [0.5, 0.6) is 0 Å². The van der Waals surface area contributed by atoms with E-state index in [-0.39, 0.29) is 0 Å². The van der Waals surface area contributed by atoms with Gasteiger partial charge in [-0.1, -0.05) is 75.4 Å². The molecule has 0 aliphatic heterocycles. The van der Waals surface area contributed by atoms with Gasteiger partial charge in [0.05, 0.1) is 0 Å². The quantitative estimate of drug-likeness (QED) is 0.508. The molecule has 0 spiro atoms. The molecule has 0 nitrogen and oxygen atoms in total. The molecule has 0 bridgehead atoms. The number of hydrogen-bond acceptors (Lipinski definition) is 0. The van der Waals surface area contributed by atoms with E-state index in [1.165, 1.54) is 56.1 Å². The lowest BCUT2D eigenvalue weighted by molar-refractivity contribution is 0.607. The molecule has 0 heteroatoms. The van der Waals surface area contributed by atoms with Gasteiger partial charge in [0.15, 0.2) is 0 Å². The van der Waals surface area contributed by atoms with Crippen LogP contribution in [0.2, 0.25) is 0 Å². The van der Waals surface area contributed by atoms with E-state index in [2.05, 4.69) is 44.7 Å². The largest absolute Gasteiger partial charge is 0.0955 e. The Bertz CT molecular complexity index is 318. The zero-order chi connectivity index (χ0) is 12.5. The van der Waals surface area contributed by atoms with Gasteiger partial charge in [-0.25, -0.2) is 0 Å². The van der Waals surface area contributed by atoms with Crippen molar-refractivity contribution in [3.8, 4) is 0 Å². The normalized spacial score (nSPS) is 10.5. The maximum absolute atomic E-state index is 3.96. The summed E-state index contributed by atoms with van der Waals surface area (Å²) in [5, 5.41) is 0. The van der Waals surface area contributed by atoms with Crippen LogP contribution in [0.1, 0.15) is 63.5 Å². The SMILES string of the molecule is C=C(C)c1ccc(CCCCCCCC)cc1. The fraction of sp³-hybridized carbons (Fsp3) is 0.529. The molecule has 0 aromatic heterocycles. The molecule has 0 heterocycles. The Morgan fingerprint density at radius 3 is 2.12 bits per heavy atom. The predicted molar refractivity (Wildman–Crippen MR) is 78.2 cm³/mol. The predicted octanol–water partition coefficient (Wildman–Crippen LogP) is 5.62. The van der Waals surface area contributed by atoms with Gasteiger partial charge in [0.2, 0.25) is 0 Å². The highest BCUT2D eigenvalue weighted by atomic mass is 14.0. The average Bonchev–Trinajstić information content (AvgIpc) is 2.34. The summed E-state index contributed by atoms with van der Waals surface area (Å²) in [5.41, 5.74) is 3.87. The van der Waals surface area contributed by atoms with E-state index in [4.69, 9.17) is 0 Å². The van der Waals surface area contributed by atoms with Crippen LogP contribution >= 0.6 is 0 Å². The molecule has 94 valence electrons. The van der Waals surface area contributed by atoms with E-state index < -0.39 is 0 Å². The van der Waals surface area contributed by atoms with Gasteiger partial charge >= 0.3 is 0 Å². The van der Waals surface area contributed by atoms with Gasteiger partial charge in [0.1, 0.15) is 0 Å². The number of rotatable bonds is 8. The van der Waals surface area contributed by atoms with Crippen LogP contribution in [-0.2, 0) is 6.42 Å². The third kappa shape index (κ3) is 5.72. The van der Waals surface area contributed by atoms with Crippen molar-refractivity contribution in [2.45, 2.75) is 58.8 Å². The molecule has 0 N–H and O–H groups in total. The molecular weight excluding hydrogens is 204 g/mol. The molecule has 0 fully saturated rings. The Balaban J connectivity index is 2.21. The number of unbranched alkanes of at least 4 members (excludes halogenated alkanes) is 5. The van der Waals surface area contributed by atoms with Crippen molar-refractivity contribution in [2.75, 3.05) is 0 Å². The van der Waals surface area contributed by atoms with Crippen LogP contribution in [0, 0.1) is 0 Å². The number of allylic oxidation sites excluding steroid dienone is 1. The van der Waals surface area contributed by atoms with E-state index in [0.717, 1.165) is 5.57 Å². The first kappa shape index (κ1) is 14.0. The zero-order valence-corrected chi connectivity index (χ0v) is 11.5. The summed E-state index contributed by atoms with van der Waals surface area (Å²) < 4.78 is 0. The van der Waals surface area contributed by atoms with Crippen LogP contribution < -0.4 is 0 Å².